The highest BCUT2D eigenvalue weighted by molar-refractivity contribution is 6.39. The number of fused-ring (bicyclic) bond motifs is 3. The van der Waals surface area contributed by atoms with Gasteiger partial charge in [-0.25, -0.2) is 4.79 Å². The number of aliphatic hydroxyl groups is 3. The summed E-state index contributed by atoms with van der Waals surface area (Å²) in [5.74, 6) is -5.97. The first-order chi connectivity index (χ1) is 30.9. The van der Waals surface area contributed by atoms with Crippen molar-refractivity contribution in [1.29, 1.82) is 0 Å². The Morgan fingerprint density at radius 2 is 1.62 bits per heavy atom. The van der Waals surface area contributed by atoms with Crippen LogP contribution in [0.4, 0.5) is 0 Å². The van der Waals surface area contributed by atoms with Crippen molar-refractivity contribution in [2.75, 3.05) is 34.0 Å². The number of carbonyl (C=O) groups is 4. The predicted molar refractivity (Wildman–Crippen MR) is 249 cm³/mol. The molecule has 2 saturated heterocycles. The number of cyclic esters (lactones) is 1. The zero-order valence-corrected chi connectivity index (χ0v) is 41.0. The molecule has 2 bridgehead atoms. The average molecular weight is 914 g/mol. The van der Waals surface area contributed by atoms with Crippen LogP contribution in [0.15, 0.2) is 47.6 Å². The largest absolute Gasteiger partial charge is 0.460 e. The van der Waals surface area contributed by atoms with E-state index in [4.69, 9.17) is 23.7 Å². The number of Topliss-reactive ketones (excluding diaryl/α,β-unsaturated/α-hetero) is 2. The number of piperidine rings is 1. The Labute approximate surface area is 389 Å². The standard InChI is InChI=1S/C52H83NO12/c1-33-15-11-10-12-16-35(3)46(61-8)31-41-21-19-39(7)52(60,65-41)49(57)50(58)53-24-14-13-17-42(53)51(59)64-47(32-44(56)37(5)28-36(4)43(55)22-18-34(2)27-33)38(6)29-40-20-23-45(63-26-25-54)48(30-40)62-9/h10-12,15-16,28,33-34,37-43,45-48,54-55,60H,13-14,17-27,29-32H2,1-9H3/b12-10?,15-11+,35-16?,36-28+/t33-,34+,37-,38-,39-,40+,41?,42+,43+,45-,46+,47+,48-,52-/m1/s1. The van der Waals surface area contributed by atoms with Crippen LogP contribution in [0, 0.1) is 35.5 Å². The second-order valence-corrected chi connectivity index (χ2v) is 19.9. The fraction of sp³-hybridized carbons (Fsp3) is 0.769. The van der Waals surface area contributed by atoms with Crippen LogP contribution in [0.3, 0.4) is 0 Å². The maximum atomic E-state index is 14.4. The number of hydrogen-bond acceptors (Lipinski definition) is 12. The smallest absolute Gasteiger partial charge is 0.329 e. The van der Waals surface area contributed by atoms with E-state index in [0.717, 1.165) is 36.8 Å². The molecule has 1 aliphatic carbocycles. The molecule has 3 N–H and O–H groups in total. The SMILES string of the molecule is CO[C@H]1CC2CC[C@@H](C)[C@@](O)(O2)C(=O)C(=O)N2CCCC[C@H]2C(=O)O[C@H]([C@H](C)C[C@@H]2CC[C@@H](OCCO)[C@H](OC)C2)CC(=O)[C@H](C)/C=C(\C)[C@@H](O)CC[C@H](C)C[C@H](C)/C=C/C=CC=C1C. The van der Waals surface area contributed by atoms with Crippen LogP contribution < -0.4 is 0 Å². The Morgan fingerprint density at radius 1 is 0.862 bits per heavy atom. The molecule has 0 aromatic carbocycles. The zero-order valence-electron chi connectivity index (χ0n) is 41.0. The van der Waals surface area contributed by atoms with Gasteiger partial charge in [0.1, 0.15) is 17.9 Å². The van der Waals surface area contributed by atoms with Gasteiger partial charge in [0.25, 0.3) is 11.7 Å². The molecule has 0 aromatic heterocycles. The van der Waals surface area contributed by atoms with E-state index in [1.165, 1.54) is 4.90 Å². The number of ketones is 2. The van der Waals surface area contributed by atoms with E-state index in [1.54, 1.807) is 28.1 Å². The molecule has 4 rings (SSSR count). The molecular weight excluding hydrogens is 831 g/mol. The lowest BCUT2D eigenvalue weighted by atomic mass is 9.78. The van der Waals surface area contributed by atoms with Crippen LogP contribution >= 0.6 is 0 Å². The van der Waals surface area contributed by atoms with E-state index in [2.05, 4.69) is 19.9 Å². The number of nitrogens with zero attached hydrogens (tertiary/aromatic N) is 1. The van der Waals surface area contributed by atoms with Crippen molar-refractivity contribution >= 4 is 23.4 Å². The van der Waals surface area contributed by atoms with Gasteiger partial charge in [0.15, 0.2) is 0 Å². The lowest BCUT2D eigenvalue weighted by Crippen LogP contribution is -2.61. The van der Waals surface area contributed by atoms with Crippen molar-refractivity contribution in [3.05, 3.63) is 47.6 Å². The Bertz CT molecular complexity index is 1670. The summed E-state index contributed by atoms with van der Waals surface area (Å²) in [7, 11) is 3.26. The molecule has 3 aliphatic heterocycles. The number of hydrogen-bond donors (Lipinski definition) is 3. The van der Waals surface area contributed by atoms with E-state index in [-0.39, 0.29) is 68.5 Å². The minimum atomic E-state index is -2.40. The Hall–Kier alpha value is -3.04. The fourth-order valence-electron chi connectivity index (χ4n) is 10.3. The maximum Gasteiger partial charge on any atom is 0.329 e. The Balaban J connectivity index is 1.64. The molecule has 4 aliphatic rings. The fourth-order valence-corrected chi connectivity index (χ4v) is 10.3. The number of amides is 1. The molecule has 3 heterocycles. The van der Waals surface area contributed by atoms with Crippen molar-refractivity contribution in [3.63, 3.8) is 0 Å². The first-order valence-electron chi connectivity index (χ1n) is 24.6. The predicted octanol–water partition coefficient (Wildman–Crippen LogP) is 7.39. The molecule has 0 radical (unpaired) electrons. The second-order valence-electron chi connectivity index (χ2n) is 19.9. The molecule has 0 spiro atoms. The van der Waals surface area contributed by atoms with Gasteiger partial charge in [0.05, 0.1) is 43.7 Å². The molecular formula is C52H83NO12. The average Bonchev–Trinajstić information content (AvgIpc) is 3.29. The summed E-state index contributed by atoms with van der Waals surface area (Å²) in [6, 6.07) is -1.09. The third kappa shape index (κ3) is 15.8. The number of ether oxygens (including phenoxy) is 5. The Kier molecular flexibility index (Phi) is 22.2. The van der Waals surface area contributed by atoms with Crippen LogP contribution in [0.1, 0.15) is 138 Å². The van der Waals surface area contributed by atoms with Gasteiger partial charge in [-0.1, -0.05) is 71.1 Å². The van der Waals surface area contributed by atoms with E-state index in [9.17, 15) is 34.5 Å². The molecule has 368 valence electrons. The molecule has 1 unspecified atom stereocenters. The summed E-state index contributed by atoms with van der Waals surface area (Å²) in [4.78, 5) is 58.2. The lowest BCUT2D eigenvalue weighted by Gasteiger charge is -2.42. The summed E-state index contributed by atoms with van der Waals surface area (Å²) >= 11 is 0. The van der Waals surface area contributed by atoms with Gasteiger partial charge in [-0.15, -0.1) is 0 Å². The highest BCUT2D eigenvalue weighted by Crippen LogP contribution is 2.38. The molecule has 1 saturated carbocycles. The minimum Gasteiger partial charge on any atom is -0.460 e. The van der Waals surface area contributed by atoms with Gasteiger partial charge >= 0.3 is 5.97 Å². The number of esters is 1. The van der Waals surface area contributed by atoms with Gasteiger partial charge in [-0.3, -0.25) is 14.4 Å². The molecule has 3 fully saturated rings. The summed E-state index contributed by atoms with van der Waals surface area (Å²) in [5.41, 5.74) is 1.66. The van der Waals surface area contributed by atoms with Crippen molar-refractivity contribution in [1.82, 2.24) is 4.90 Å². The van der Waals surface area contributed by atoms with Crippen LogP contribution in [-0.2, 0) is 42.9 Å². The summed E-state index contributed by atoms with van der Waals surface area (Å²) in [6.45, 7) is 13.9. The third-order valence-corrected chi connectivity index (χ3v) is 14.6. The number of rotatable bonds is 8. The topological polar surface area (TPSA) is 178 Å². The monoisotopic (exact) mass is 914 g/mol. The van der Waals surface area contributed by atoms with Crippen LogP contribution in [0.25, 0.3) is 0 Å². The number of methoxy groups -OCH3 is 2. The number of carbonyl (C=O) groups excluding carboxylic acids is 4. The van der Waals surface area contributed by atoms with Crippen molar-refractivity contribution in [3.8, 4) is 0 Å². The highest BCUT2D eigenvalue weighted by Gasteiger charge is 2.53. The minimum absolute atomic E-state index is 0.0720. The maximum absolute atomic E-state index is 14.4. The first kappa shape index (κ1) is 54.6. The Morgan fingerprint density at radius 3 is 2.32 bits per heavy atom. The normalized spacial score (nSPS) is 37.9. The van der Waals surface area contributed by atoms with Crippen LogP contribution in [0.2, 0.25) is 0 Å². The summed E-state index contributed by atoms with van der Waals surface area (Å²) in [6.07, 6.45) is 17.1. The van der Waals surface area contributed by atoms with E-state index in [0.29, 0.717) is 63.2 Å². The molecule has 13 nitrogen and oxygen atoms in total. The third-order valence-electron chi connectivity index (χ3n) is 14.6. The van der Waals surface area contributed by atoms with Gasteiger partial charge in [-0.2, -0.15) is 0 Å². The zero-order chi connectivity index (χ0) is 47.8. The molecule has 0 aromatic rings. The first-order valence-corrected chi connectivity index (χ1v) is 24.6. The molecule has 65 heavy (non-hydrogen) atoms. The summed E-state index contributed by atoms with van der Waals surface area (Å²) in [5, 5.41) is 32.5. The van der Waals surface area contributed by atoms with Gasteiger partial charge in [-0.05, 0) is 126 Å². The quantitative estimate of drug-likeness (QED) is 0.125. The van der Waals surface area contributed by atoms with Gasteiger partial charge in [0.2, 0.25) is 5.79 Å². The van der Waals surface area contributed by atoms with Gasteiger partial charge < -0.3 is 43.9 Å². The molecule has 14 atom stereocenters. The molecule has 1 amide bonds. The van der Waals surface area contributed by atoms with Gasteiger partial charge in [0, 0.05) is 45.4 Å². The van der Waals surface area contributed by atoms with Crippen LogP contribution in [0.5, 0.6) is 0 Å². The number of aliphatic hydroxyl groups excluding tert-OH is 2. The lowest BCUT2D eigenvalue weighted by molar-refractivity contribution is -0.265. The van der Waals surface area contributed by atoms with Crippen LogP contribution in [-0.4, -0.2) is 126 Å². The molecule has 13 heteroatoms. The van der Waals surface area contributed by atoms with Crippen molar-refractivity contribution < 1.29 is 58.2 Å². The number of allylic oxidation sites excluding steroid dienone is 6. The summed E-state index contributed by atoms with van der Waals surface area (Å²) < 4.78 is 30.0. The van der Waals surface area contributed by atoms with Crippen molar-refractivity contribution in [2.24, 2.45) is 35.5 Å². The highest BCUT2D eigenvalue weighted by atomic mass is 16.6. The van der Waals surface area contributed by atoms with E-state index >= 15 is 0 Å². The van der Waals surface area contributed by atoms with E-state index < -0.39 is 59.6 Å². The second kappa shape index (κ2) is 26.5. The van der Waals surface area contributed by atoms with E-state index in [1.807, 2.05) is 51.2 Å². The van der Waals surface area contributed by atoms with Crippen molar-refractivity contribution in [2.45, 2.75) is 187 Å².